The fourth-order valence-corrected chi connectivity index (χ4v) is 2.63. The zero-order valence-electron chi connectivity index (χ0n) is 9.82. The first kappa shape index (κ1) is 10.1. The van der Waals surface area contributed by atoms with E-state index in [1.165, 1.54) is 11.1 Å². The molecule has 0 aromatic heterocycles. The molecule has 3 nitrogen and oxygen atoms in total. The fourth-order valence-electron chi connectivity index (χ4n) is 2.63. The van der Waals surface area contributed by atoms with E-state index in [-0.39, 0.29) is 18.0 Å². The molecule has 86 valence electrons. The molecule has 3 heteroatoms. The maximum absolute atomic E-state index is 5.84. The average Bonchev–Trinajstić information content (AvgIpc) is 2.68. The highest BCUT2D eigenvalue weighted by molar-refractivity contribution is 5.46. The molecule has 1 aromatic rings. The van der Waals surface area contributed by atoms with Crippen LogP contribution in [0.2, 0.25) is 0 Å². The molecule has 3 atom stereocenters. The molecule has 0 bridgehead atoms. The van der Waals surface area contributed by atoms with Gasteiger partial charge in [-0.2, -0.15) is 0 Å². The van der Waals surface area contributed by atoms with Gasteiger partial charge in [-0.25, -0.2) is 0 Å². The van der Waals surface area contributed by atoms with Gasteiger partial charge in [0.15, 0.2) is 6.29 Å². The second kappa shape index (κ2) is 3.22. The molecule has 0 radical (unpaired) electrons. The molecule has 1 aromatic carbocycles. The van der Waals surface area contributed by atoms with E-state index in [2.05, 4.69) is 32.0 Å². The Labute approximate surface area is 95.3 Å². The zero-order chi connectivity index (χ0) is 11.3. The van der Waals surface area contributed by atoms with Crippen LogP contribution in [0.15, 0.2) is 18.2 Å². The lowest BCUT2D eigenvalue weighted by Gasteiger charge is -2.19. The first-order valence-electron chi connectivity index (χ1n) is 5.59. The zero-order valence-corrected chi connectivity index (χ0v) is 9.82. The second-order valence-corrected chi connectivity index (χ2v) is 4.87. The summed E-state index contributed by atoms with van der Waals surface area (Å²) in [5.74, 6) is 0.960. The smallest absolute Gasteiger partial charge is 0.212 e. The molecule has 2 aliphatic heterocycles. The molecular weight excluding hydrogens is 204 g/mol. The van der Waals surface area contributed by atoms with Gasteiger partial charge in [0, 0.05) is 19.1 Å². The molecule has 0 unspecified atom stereocenters. The lowest BCUT2D eigenvalue weighted by molar-refractivity contribution is -0.166. The predicted molar refractivity (Wildman–Crippen MR) is 59.4 cm³/mol. The number of benzene rings is 1. The van der Waals surface area contributed by atoms with Crippen molar-refractivity contribution in [3.63, 3.8) is 0 Å². The van der Waals surface area contributed by atoms with E-state index in [1.807, 2.05) is 0 Å². The minimum Gasteiger partial charge on any atom is -0.464 e. The summed E-state index contributed by atoms with van der Waals surface area (Å²) in [4.78, 5) is 0. The standard InChI is InChI=1S/C13H16O3/c1-8-4-5-9-10(6-8)15-12-13(9,2)7-11(14-3)16-12/h4-6,11-12H,7H2,1-3H3/t11-,12-,13-/m0/s1. The highest BCUT2D eigenvalue weighted by Gasteiger charge is 2.53. The van der Waals surface area contributed by atoms with Crippen LogP contribution in [0.5, 0.6) is 5.75 Å². The number of ether oxygens (including phenoxy) is 3. The Morgan fingerprint density at radius 2 is 2.25 bits per heavy atom. The molecule has 0 spiro atoms. The van der Waals surface area contributed by atoms with Crippen molar-refractivity contribution in [3.05, 3.63) is 29.3 Å². The molecular formula is C13H16O3. The Balaban J connectivity index is 2.02. The summed E-state index contributed by atoms with van der Waals surface area (Å²) in [7, 11) is 1.67. The van der Waals surface area contributed by atoms with E-state index < -0.39 is 0 Å². The SMILES string of the molecule is CO[C@@H]1C[C@@]2(C)c3ccc(C)cc3O[C@H]2O1. The van der Waals surface area contributed by atoms with Crippen LogP contribution < -0.4 is 4.74 Å². The van der Waals surface area contributed by atoms with Crippen molar-refractivity contribution in [2.75, 3.05) is 7.11 Å². The quantitative estimate of drug-likeness (QED) is 0.727. The lowest BCUT2D eigenvalue weighted by atomic mass is 9.81. The number of hydrogen-bond acceptors (Lipinski definition) is 3. The number of hydrogen-bond donors (Lipinski definition) is 0. The summed E-state index contributed by atoms with van der Waals surface area (Å²) < 4.78 is 16.8. The number of fused-ring (bicyclic) bond motifs is 3. The average molecular weight is 220 g/mol. The maximum atomic E-state index is 5.84. The highest BCUT2D eigenvalue weighted by Crippen LogP contribution is 2.50. The molecule has 1 fully saturated rings. The molecule has 0 saturated carbocycles. The van der Waals surface area contributed by atoms with Crippen LogP contribution in [0.3, 0.4) is 0 Å². The summed E-state index contributed by atoms with van der Waals surface area (Å²) in [6.45, 7) is 4.25. The van der Waals surface area contributed by atoms with Gasteiger partial charge in [0.25, 0.3) is 0 Å². The van der Waals surface area contributed by atoms with Crippen molar-refractivity contribution in [2.45, 2.75) is 38.3 Å². The monoisotopic (exact) mass is 220 g/mol. The molecule has 0 aliphatic carbocycles. The van der Waals surface area contributed by atoms with Crippen molar-refractivity contribution >= 4 is 0 Å². The molecule has 3 rings (SSSR count). The van der Waals surface area contributed by atoms with Crippen LogP contribution in [0.4, 0.5) is 0 Å². The maximum Gasteiger partial charge on any atom is 0.212 e. The third-order valence-electron chi connectivity index (χ3n) is 3.64. The van der Waals surface area contributed by atoms with Crippen molar-refractivity contribution in [1.82, 2.24) is 0 Å². The minimum atomic E-state index is -0.200. The van der Waals surface area contributed by atoms with E-state index in [0.717, 1.165) is 12.2 Å². The largest absolute Gasteiger partial charge is 0.464 e. The van der Waals surface area contributed by atoms with Crippen LogP contribution in [-0.4, -0.2) is 19.7 Å². The molecule has 16 heavy (non-hydrogen) atoms. The summed E-state index contributed by atoms with van der Waals surface area (Å²) >= 11 is 0. The van der Waals surface area contributed by atoms with Crippen molar-refractivity contribution in [2.24, 2.45) is 0 Å². The van der Waals surface area contributed by atoms with Crippen LogP contribution >= 0.6 is 0 Å². The van der Waals surface area contributed by atoms with Gasteiger partial charge in [0.1, 0.15) is 5.75 Å². The van der Waals surface area contributed by atoms with Gasteiger partial charge in [-0.15, -0.1) is 0 Å². The van der Waals surface area contributed by atoms with Gasteiger partial charge < -0.3 is 14.2 Å². The van der Waals surface area contributed by atoms with Gasteiger partial charge in [-0.3, -0.25) is 0 Å². The first-order chi connectivity index (χ1) is 7.63. The van der Waals surface area contributed by atoms with E-state index in [9.17, 15) is 0 Å². The normalized spacial score (nSPS) is 35.7. The number of rotatable bonds is 1. The van der Waals surface area contributed by atoms with Crippen LogP contribution in [-0.2, 0) is 14.9 Å². The minimum absolute atomic E-state index is 0.0658. The Morgan fingerprint density at radius 3 is 3.00 bits per heavy atom. The molecule has 2 heterocycles. The summed E-state index contributed by atoms with van der Waals surface area (Å²) in [5.41, 5.74) is 2.39. The predicted octanol–water partition coefficient (Wildman–Crippen LogP) is 2.36. The van der Waals surface area contributed by atoms with Crippen molar-refractivity contribution in [1.29, 1.82) is 0 Å². The molecule has 2 aliphatic rings. The molecule has 0 N–H and O–H groups in total. The van der Waals surface area contributed by atoms with Gasteiger partial charge in [0.2, 0.25) is 6.29 Å². The third kappa shape index (κ3) is 1.22. The van der Waals surface area contributed by atoms with Gasteiger partial charge >= 0.3 is 0 Å². The third-order valence-corrected chi connectivity index (χ3v) is 3.64. The van der Waals surface area contributed by atoms with Gasteiger partial charge in [-0.1, -0.05) is 12.1 Å². The topological polar surface area (TPSA) is 27.7 Å². The van der Waals surface area contributed by atoms with Crippen LogP contribution in [0.1, 0.15) is 24.5 Å². The van der Waals surface area contributed by atoms with E-state index >= 15 is 0 Å². The summed E-state index contributed by atoms with van der Waals surface area (Å²) in [6.07, 6.45) is 0.503. The van der Waals surface area contributed by atoms with Crippen LogP contribution in [0, 0.1) is 6.92 Å². The second-order valence-electron chi connectivity index (χ2n) is 4.87. The van der Waals surface area contributed by atoms with Crippen molar-refractivity contribution in [3.8, 4) is 5.75 Å². The van der Waals surface area contributed by atoms with Gasteiger partial charge in [-0.05, 0) is 25.5 Å². The van der Waals surface area contributed by atoms with E-state index in [4.69, 9.17) is 14.2 Å². The first-order valence-corrected chi connectivity index (χ1v) is 5.59. The molecule has 0 amide bonds. The van der Waals surface area contributed by atoms with Gasteiger partial charge in [0.05, 0.1) is 5.41 Å². The van der Waals surface area contributed by atoms with E-state index in [0.29, 0.717) is 0 Å². The Kier molecular flexibility index (Phi) is 2.03. The summed E-state index contributed by atoms with van der Waals surface area (Å²) in [5, 5.41) is 0. The summed E-state index contributed by atoms with van der Waals surface area (Å²) in [6, 6.07) is 6.34. The Hall–Kier alpha value is -1.06. The number of methoxy groups -OCH3 is 1. The molecule has 1 saturated heterocycles. The highest BCUT2D eigenvalue weighted by atomic mass is 16.8. The Bertz CT molecular complexity index is 429. The fraction of sp³-hybridized carbons (Fsp3) is 0.538. The Morgan fingerprint density at radius 1 is 1.44 bits per heavy atom. The van der Waals surface area contributed by atoms with E-state index in [1.54, 1.807) is 7.11 Å². The lowest BCUT2D eigenvalue weighted by Crippen LogP contribution is -2.29. The van der Waals surface area contributed by atoms with Crippen LogP contribution in [0.25, 0.3) is 0 Å². The van der Waals surface area contributed by atoms with Crippen molar-refractivity contribution < 1.29 is 14.2 Å². The number of aryl methyl sites for hydroxylation is 1.